The Morgan fingerprint density at radius 3 is 2.68 bits per heavy atom. The highest BCUT2D eigenvalue weighted by Gasteiger charge is 2.03. The van der Waals surface area contributed by atoms with E-state index in [0.717, 1.165) is 5.56 Å². The van der Waals surface area contributed by atoms with Crippen molar-refractivity contribution in [3.8, 4) is 11.5 Å². The first-order valence-electron chi connectivity index (χ1n) is 6.96. The molecule has 0 saturated carbocycles. The lowest BCUT2D eigenvalue weighted by Gasteiger charge is -2.11. The summed E-state index contributed by atoms with van der Waals surface area (Å²) in [7, 11) is 1.59. The molecule has 0 aliphatic rings. The zero-order valence-electron chi connectivity index (χ0n) is 12.4. The van der Waals surface area contributed by atoms with Crippen molar-refractivity contribution in [2.24, 2.45) is 0 Å². The summed E-state index contributed by atoms with van der Waals surface area (Å²) in [4.78, 5) is 15.6. The maximum atomic E-state index is 11.6. The van der Waals surface area contributed by atoms with Crippen molar-refractivity contribution in [3.05, 3.63) is 54.4 Å². The molecule has 1 aromatic heterocycles. The largest absolute Gasteiger partial charge is 0.493 e. The van der Waals surface area contributed by atoms with E-state index in [9.17, 15) is 4.79 Å². The molecule has 6 heteroatoms. The number of carbonyl (C=O) groups is 1. The zero-order chi connectivity index (χ0) is 15.6. The molecule has 22 heavy (non-hydrogen) atoms. The van der Waals surface area contributed by atoms with E-state index in [1.54, 1.807) is 19.5 Å². The number of para-hydroxylation sites is 2. The molecule has 0 spiro atoms. The molecule has 0 unspecified atom stereocenters. The van der Waals surface area contributed by atoms with Crippen LogP contribution >= 0.6 is 0 Å². The molecule has 2 rings (SSSR count). The second kappa shape index (κ2) is 8.51. The minimum atomic E-state index is -0.243. The second-order valence-electron chi connectivity index (χ2n) is 4.47. The van der Waals surface area contributed by atoms with Crippen LogP contribution in [0.15, 0.2) is 48.8 Å². The Morgan fingerprint density at radius 1 is 1.14 bits per heavy atom. The van der Waals surface area contributed by atoms with Gasteiger partial charge in [0.05, 0.1) is 13.7 Å². The van der Waals surface area contributed by atoms with E-state index in [4.69, 9.17) is 9.47 Å². The maximum Gasteiger partial charge on any atom is 0.315 e. The molecular weight excluding hydrogens is 282 g/mol. The van der Waals surface area contributed by atoms with Gasteiger partial charge in [0.25, 0.3) is 0 Å². The van der Waals surface area contributed by atoms with Gasteiger partial charge in [-0.05, 0) is 23.8 Å². The van der Waals surface area contributed by atoms with E-state index in [-0.39, 0.29) is 6.03 Å². The first-order valence-corrected chi connectivity index (χ1v) is 6.96. The van der Waals surface area contributed by atoms with Crippen LogP contribution in [0.2, 0.25) is 0 Å². The van der Waals surface area contributed by atoms with Gasteiger partial charge < -0.3 is 20.1 Å². The van der Waals surface area contributed by atoms with Crippen LogP contribution in [0.3, 0.4) is 0 Å². The summed E-state index contributed by atoms with van der Waals surface area (Å²) < 4.78 is 10.7. The van der Waals surface area contributed by atoms with E-state index in [0.29, 0.717) is 31.2 Å². The van der Waals surface area contributed by atoms with Crippen LogP contribution in [0.25, 0.3) is 0 Å². The van der Waals surface area contributed by atoms with Gasteiger partial charge in [-0.3, -0.25) is 4.98 Å². The van der Waals surface area contributed by atoms with E-state index < -0.39 is 0 Å². The molecule has 2 aromatic rings. The topological polar surface area (TPSA) is 72.5 Å². The van der Waals surface area contributed by atoms with Crippen molar-refractivity contribution in [2.45, 2.75) is 6.54 Å². The molecule has 0 saturated heterocycles. The fourth-order valence-electron chi connectivity index (χ4n) is 1.81. The molecule has 1 aromatic carbocycles. The molecule has 1 heterocycles. The fraction of sp³-hybridized carbons (Fsp3) is 0.250. The molecule has 2 amide bonds. The van der Waals surface area contributed by atoms with Gasteiger partial charge in [0.2, 0.25) is 0 Å². The summed E-state index contributed by atoms with van der Waals surface area (Å²) in [5.41, 5.74) is 0.947. The Morgan fingerprint density at radius 2 is 1.95 bits per heavy atom. The smallest absolute Gasteiger partial charge is 0.315 e. The van der Waals surface area contributed by atoms with Gasteiger partial charge in [-0.2, -0.15) is 0 Å². The fourth-order valence-corrected chi connectivity index (χ4v) is 1.81. The molecule has 0 bridgehead atoms. The van der Waals surface area contributed by atoms with E-state index in [1.807, 2.05) is 36.4 Å². The molecule has 0 atom stereocenters. The first-order chi connectivity index (χ1) is 10.8. The SMILES string of the molecule is COc1ccccc1OCCNC(=O)NCc1cccnc1. The van der Waals surface area contributed by atoms with E-state index in [1.165, 1.54) is 0 Å². The van der Waals surface area contributed by atoms with Crippen molar-refractivity contribution in [2.75, 3.05) is 20.3 Å². The lowest BCUT2D eigenvalue weighted by atomic mass is 10.3. The molecule has 0 aliphatic carbocycles. The number of rotatable bonds is 7. The third-order valence-electron chi connectivity index (χ3n) is 2.89. The summed E-state index contributed by atoms with van der Waals surface area (Å²) in [5.74, 6) is 1.33. The van der Waals surface area contributed by atoms with Gasteiger partial charge in [-0.15, -0.1) is 0 Å². The number of nitrogens with one attached hydrogen (secondary N) is 2. The summed E-state index contributed by atoms with van der Waals surface area (Å²) >= 11 is 0. The Labute approximate surface area is 129 Å². The van der Waals surface area contributed by atoms with Crippen LogP contribution in [-0.2, 0) is 6.54 Å². The normalized spacial score (nSPS) is 9.86. The van der Waals surface area contributed by atoms with Gasteiger partial charge in [0, 0.05) is 18.9 Å². The van der Waals surface area contributed by atoms with E-state index >= 15 is 0 Å². The summed E-state index contributed by atoms with van der Waals surface area (Å²) in [6.45, 7) is 1.20. The summed E-state index contributed by atoms with van der Waals surface area (Å²) in [6, 6.07) is 10.9. The van der Waals surface area contributed by atoms with Gasteiger partial charge in [0.15, 0.2) is 11.5 Å². The number of aromatic nitrogens is 1. The van der Waals surface area contributed by atoms with Crippen LogP contribution < -0.4 is 20.1 Å². The highest BCUT2D eigenvalue weighted by atomic mass is 16.5. The Hall–Kier alpha value is -2.76. The third kappa shape index (κ3) is 4.97. The van der Waals surface area contributed by atoms with Crippen LogP contribution in [0, 0.1) is 0 Å². The number of nitrogens with zero attached hydrogens (tertiary/aromatic N) is 1. The van der Waals surface area contributed by atoms with Gasteiger partial charge in [-0.1, -0.05) is 18.2 Å². The maximum absolute atomic E-state index is 11.6. The molecule has 0 fully saturated rings. The Balaban J connectivity index is 1.65. The van der Waals surface area contributed by atoms with Crippen molar-refractivity contribution < 1.29 is 14.3 Å². The number of amides is 2. The van der Waals surface area contributed by atoms with Gasteiger partial charge >= 0.3 is 6.03 Å². The summed E-state index contributed by atoms with van der Waals surface area (Å²) in [5, 5.41) is 5.47. The van der Waals surface area contributed by atoms with Crippen molar-refractivity contribution in [3.63, 3.8) is 0 Å². The van der Waals surface area contributed by atoms with Crippen molar-refractivity contribution in [1.29, 1.82) is 0 Å². The molecule has 2 N–H and O–H groups in total. The van der Waals surface area contributed by atoms with Gasteiger partial charge in [0.1, 0.15) is 6.61 Å². The number of pyridine rings is 1. The number of hydrogen-bond donors (Lipinski definition) is 2. The Kier molecular flexibility index (Phi) is 6.04. The van der Waals surface area contributed by atoms with Crippen LogP contribution in [-0.4, -0.2) is 31.3 Å². The quantitative estimate of drug-likeness (QED) is 0.767. The molecule has 116 valence electrons. The monoisotopic (exact) mass is 301 g/mol. The number of ether oxygens (including phenoxy) is 2. The minimum Gasteiger partial charge on any atom is -0.493 e. The first kappa shape index (κ1) is 15.6. The lowest BCUT2D eigenvalue weighted by Crippen LogP contribution is -2.37. The standard InChI is InChI=1S/C16H19N3O3/c1-21-14-6-2-3-7-15(14)22-10-9-18-16(20)19-12-13-5-4-8-17-11-13/h2-8,11H,9-10,12H2,1H3,(H2,18,19,20). The van der Waals surface area contributed by atoms with Crippen molar-refractivity contribution >= 4 is 6.03 Å². The molecule has 0 aliphatic heterocycles. The number of benzene rings is 1. The lowest BCUT2D eigenvalue weighted by molar-refractivity contribution is 0.235. The number of urea groups is 1. The highest BCUT2D eigenvalue weighted by molar-refractivity contribution is 5.73. The van der Waals surface area contributed by atoms with Crippen molar-refractivity contribution in [1.82, 2.24) is 15.6 Å². The van der Waals surface area contributed by atoms with Crippen LogP contribution in [0.1, 0.15) is 5.56 Å². The molecule has 0 radical (unpaired) electrons. The van der Waals surface area contributed by atoms with Gasteiger partial charge in [-0.25, -0.2) is 4.79 Å². The number of hydrogen-bond acceptors (Lipinski definition) is 4. The predicted octanol–water partition coefficient (Wildman–Crippen LogP) is 1.97. The zero-order valence-corrected chi connectivity index (χ0v) is 12.4. The van der Waals surface area contributed by atoms with Crippen LogP contribution in [0.5, 0.6) is 11.5 Å². The predicted molar refractivity (Wildman–Crippen MR) is 83.0 cm³/mol. The van der Waals surface area contributed by atoms with E-state index in [2.05, 4.69) is 15.6 Å². The molecular formula is C16H19N3O3. The summed E-state index contributed by atoms with van der Waals surface area (Å²) in [6.07, 6.45) is 3.41. The number of carbonyl (C=O) groups excluding carboxylic acids is 1. The molecule has 6 nitrogen and oxygen atoms in total. The Bertz CT molecular complexity index is 590. The second-order valence-corrected chi connectivity index (χ2v) is 4.47. The number of methoxy groups -OCH3 is 1. The van der Waals surface area contributed by atoms with Crippen LogP contribution in [0.4, 0.5) is 4.79 Å². The minimum absolute atomic E-state index is 0.243. The average molecular weight is 301 g/mol. The highest BCUT2D eigenvalue weighted by Crippen LogP contribution is 2.25. The third-order valence-corrected chi connectivity index (χ3v) is 2.89. The average Bonchev–Trinajstić information content (AvgIpc) is 2.58.